The van der Waals surface area contributed by atoms with Crippen molar-refractivity contribution in [3.05, 3.63) is 59.0 Å². The highest BCUT2D eigenvalue weighted by Gasteiger charge is 2.21. The standard InChI is InChI=1S/C13H18N4O2S/c1-3-12(2)9-10-17(20(18,19)16-15-14)11-13-7-5-4-6-8-13/h3-8,12H,1,9-11H2,2H3. The summed E-state index contributed by atoms with van der Waals surface area (Å²) < 4.78 is 27.9. The lowest BCUT2D eigenvalue weighted by Crippen LogP contribution is -2.30. The van der Waals surface area contributed by atoms with Gasteiger partial charge in [0.2, 0.25) is 0 Å². The quantitative estimate of drug-likeness (QED) is 0.319. The van der Waals surface area contributed by atoms with Crippen molar-refractivity contribution in [2.24, 2.45) is 10.4 Å². The molecule has 1 unspecified atom stereocenters. The van der Waals surface area contributed by atoms with E-state index >= 15 is 0 Å². The lowest BCUT2D eigenvalue weighted by atomic mass is 10.1. The molecule has 0 aliphatic heterocycles. The smallest absolute Gasteiger partial charge is 0.204 e. The first-order chi connectivity index (χ1) is 9.49. The lowest BCUT2D eigenvalue weighted by Gasteiger charge is -2.20. The maximum atomic E-state index is 11.9. The molecule has 0 amide bonds. The zero-order valence-electron chi connectivity index (χ0n) is 11.4. The van der Waals surface area contributed by atoms with E-state index in [1.165, 1.54) is 4.31 Å². The molecule has 0 aromatic heterocycles. The molecule has 0 bridgehead atoms. The molecule has 0 saturated carbocycles. The van der Waals surface area contributed by atoms with Gasteiger partial charge in [-0.25, -0.2) is 8.42 Å². The van der Waals surface area contributed by atoms with Crippen molar-refractivity contribution in [3.8, 4) is 0 Å². The number of nitrogens with zero attached hydrogens (tertiary/aromatic N) is 4. The highest BCUT2D eigenvalue weighted by atomic mass is 32.2. The first-order valence-corrected chi connectivity index (χ1v) is 7.62. The van der Waals surface area contributed by atoms with Gasteiger partial charge in [0, 0.05) is 22.5 Å². The van der Waals surface area contributed by atoms with Crippen molar-refractivity contribution in [3.63, 3.8) is 0 Å². The van der Waals surface area contributed by atoms with Crippen molar-refractivity contribution in [2.75, 3.05) is 6.54 Å². The molecule has 0 N–H and O–H groups in total. The molecule has 0 radical (unpaired) electrons. The molecule has 6 nitrogen and oxygen atoms in total. The molecule has 1 aromatic carbocycles. The molecule has 1 aromatic rings. The summed E-state index contributed by atoms with van der Waals surface area (Å²) in [4.78, 5) is 2.39. The first-order valence-electron chi connectivity index (χ1n) is 6.22. The minimum atomic E-state index is -3.97. The number of allylic oxidation sites excluding steroid dienone is 1. The van der Waals surface area contributed by atoms with Crippen LogP contribution in [0.25, 0.3) is 10.4 Å². The van der Waals surface area contributed by atoms with Crippen LogP contribution in [0.4, 0.5) is 0 Å². The summed E-state index contributed by atoms with van der Waals surface area (Å²) in [5, 5.41) is 0. The van der Waals surface area contributed by atoms with Gasteiger partial charge in [0.1, 0.15) is 0 Å². The van der Waals surface area contributed by atoms with Gasteiger partial charge in [0.15, 0.2) is 0 Å². The zero-order valence-corrected chi connectivity index (χ0v) is 12.2. The minimum Gasteiger partial charge on any atom is -0.204 e. The van der Waals surface area contributed by atoms with Gasteiger partial charge < -0.3 is 0 Å². The second-order valence-corrected chi connectivity index (χ2v) is 6.05. The van der Waals surface area contributed by atoms with Gasteiger partial charge in [0.05, 0.1) is 0 Å². The summed E-state index contributed by atoms with van der Waals surface area (Å²) >= 11 is 0. The SMILES string of the molecule is C=CC(C)CCN(Cc1ccccc1)S(=O)(=O)N=[N+]=[N-]. The van der Waals surface area contributed by atoms with Crippen molar-refractivity contribution < 1.29 is 8.42 Å². The topological polar surface area (TPSA) is 86.1 Å². The molecule has 1 rings (SSSR count). The van der Waals surface area contributed by atoms with Crippen LogP contribution in [0.2, 0.25) is 0 Å². The van der Waals surface area contributed by atoms with Gasteiger partial charge in [-0.05, 0) is 23.4 Å². The first kappa shape index (κ1) is 16.2. The van der Waals surface area contributed by atoms with Crippen molar-refractivity contribution in [1.82, 2.24) is 4.31 Å². The van der Waals surface area contributed by atoms with E-state index in [0.29, 0.717) is 6.42 Å². The summed E-state index contributed by atoms with van der Waals surface area (Å²) in [7, 11) is -3.97. The van der Waals surface area contributed by atoms with E-state index in [0.717, 1.165) is 5.56 Å². The van der Waals surface area contributed by atoms with Gasteiger partial charge in [-0.1, -0.05) is 43.3 Å². The predicted molar refractivity (Wildman–Crippen MR) is 78.9 cm³/mol. The number of rotatable bonds is 8. The van der Waals surface area contributed by atoms with E-state index in [-0.39, 0.29) is 19.0 Å². The number of azide groups is 1. The Labute approximate surface area is 119 Å². The van der Waals surface area contributed by atoms with E-state index < -0.39 is 10.2 Å². The van der Waals surface area contributed by atoms with Crippen LogP contribution in [0, 0.1) is 5.92 Å². The molecule has 108 valence electrons. The summed E-state index contributed by atoms with van der Waals surface area (Å²) in [6, 6.07) is 9.18. The van der Waals surface area contributed by atoms with Crippen LogP contribution in [-0.2, 0) is 16.8 Å². The maximum absolute atomic E-state index is 11.9. The molecule has 0 aliphatic carbocycles. The molecule has 0 saturated heterocycles. The van der Waals surface area contributed by atoms with Crippen LogP contribution >= 0.6 is 0 Å². The fourth-order valence-corrected chi connectivity index (χ4v) is 2.47. The Kier molecular flexibility index (Phi) is 6.24. The van der Waals surface area contributed by atoms with Crippen LogP contribution in [0.3, 0.4) is 0 Å². The number of hydrogen-bond acceptors (Lipinski definition) is 2. The Hall–Kier alpha value is -1.82. The Morgan fingerprint density at radius 1 is 1.45 bits per heavy atom. The van der Waals surface area contributed by atoms with Gasteiger partial charge >= 0.3 is 10.2 Å². The normalized spacial score (nSPS) is 12.7. The van der Waals surface area contributed by atoms with Crippen LogP contribution < -0.4 is 0 Å². The van der Waals surface area contributed by atoms with Gasteiger partial charge in [0.25, 0.3) is 0 Å². The predicted octanol–water partition coefficient (Wildman–Crippen LogP) is 3.26. The third-order valence-electron chi connectivity index (χ3n) is 2.90. The van der Waals surface area contributed by atoms with E-state index in [4.69, 9.17) is 5.53 Å². The summed E-state index contributed by atoms with van der Waals surface area (Å²) in [5.74, 6) is 0.189. The average molecular weight is 294 g/mol. The van der Waals surface area contributed by atoms with Crippen LogP contribution in [0.5, 0.6) is 0 Å². The minimum absolute atomic E-state index is 0.187. The van der Waals surface area contributed by atoms with Crippen molar-refractivity contribution in [1.29, 1.82) is 0 Å². The van der Waals surface area contributed by atoms with E-state index in [2.05, 4.69) is 16.0 Å². The molecule has 20 heavy (non-hydrogen) atoms. The Morgan fingerprint density at radius 2 is 2.10 bits per heavy atom. The Morgan fingerprint density at radius 3 is 2.65 bits per heavy atom. The third kappa shape index (κ3) is 5.05. The van der Waals surface area contributed by atoms with Gasteiger partial charge in [-0.15, -0.1) is 6.58 Å². The second kappa shape index (κ2) is 7.69. The van der Waals surface area contributed by atoms with E-state index in [1.807, 2.05) is 37.3 Å². The Bertz CT molecular complexity index is 580. The molecule has 0 fully saturated rings. The molecule has 0 spiro atoms. The fraction of sp³-hybridized carbons (Fsp3) is 0.385. The van der Waals surface area contributed by atoms with E-state index in [1.54, 1.807) is 6.08 Å². The van der Waals surface area contributed by atoms with Crippen molar-refractivity contribution >= 4 is 10.2 Å². The molecule has 7 heteroatoms. The average Bonchev–Trinajstić information content (AvgIpc) is 2.43. The Balaban J connectivity index is 2.90. The zero-order chi connectivity index (χ0) is 15.0. The van der Waals surface area contributed by atoms with Crippen molar-refractivity contribution in [2.45, 2.75) is 19.9 Å². The van der Waals surface area contributed by atoms with Crippen LogP contribution in [0.15, 0.2) is 47.5 Å². The molecule has 0 aliphatic rings. The molecular weight excluding hydrogens is 276 g/mol. The van der Waals surface area contributed by atoms with Crippen LogP contribution in [-0.4, -0.2) is 19.3 Å². The van der Waals surface area contributed by atoms with Gasteiger partial charge in [-0.3, -0.25) is 0 Å². The molecule has 1 atom stereocenters. The van der Waals surface area contributed by atoms with Gasteiger partial charge in [-0.2, -0.15) is 4.31 Å². The second-order valence-electron chi connectivity index (χ2n) is 4.47. The molecular formula is C13H18N4O2S. The highest BCUT2D eigenvalue weighted by molar-refractivity contribution is 7.87. The number of hydrogen-bond donors (Lipinski definition) is 0. The van der Waals surface area contributed by atoms with Crippen LogP contribution in [0.1, 0.15) is 18.9 Å². The number of benzene rings is 1. The monoisotopic (exact) mass is 294 g/mol. The summed E-state index contributed by atoms with van der Waals surface area (Å²) in [6.07, 6.45) is 2.39. The third-order valence-corrected chi connectivity index (χ3v) is 4.15. The van der Waals surface area contributed by atoms with E-state index in [9.17, 15) is 8.42 Å². The fourth-order valence-electron chi connectivity index (χ4n) is 1.63. The summed E-state index contributed by atoms with van der Waals surface area (Å²) in [6.45, 7) is 6.09. The lowest BCUT2D eigenvalue weighted by molar-refractivity contribution is 0.384. The molecule has 0 heterocycles. The maximum Gasteiger partial charge on any atom is 0.302 e. The largest absolute Gasteiger partial charge is 0.302 e. The summed E-state index contributed by atoms with van der Waals surface area (Å²) in [5.41, 5.74) is 9.22. The highest BCUT2D eigenvalue weighted by Crippen LogP contribution is 2.14.